The first-order chi connectivity index (χ1) is 8.61. The molecule has 1 aliphatic heterocycles. The summed E-state index contributed by atoms with van der Waals surface area (Å²) < 4.78 is 0. The number of carbonyl (C=O) groups is 1. The summed E-state index contributed by atoms with van der Waals surface area (Å²) in [7, 11) is 0. The van der Waals surface area contributed by atoms with Crippen molar-refractivity contribution < 1.29 is 4.79 Å². The van der Waals surface area contributed by atoms with Gasteiger partial charge >= 0.3 is 0 Å². The molecule has 5 nitrogen and oxygen atoms in total. The van der Waals surface area contributed by atoms with Gasteiger partial charge in [-0.2, -0.15) is 0 Å². The summed E-state index contributed by atoms with van der Waals surface area (Å²) in [6.07, 6.45) is 2.55. The van der Waals surface area contributed by atoms with E-state index < -0.39 is 0 Å². The first kappa shape index (κ1) is 15.4. The molecule has 18 heavy (non-hydrogen) atoms. The van der Waals surface area contributed by atoms with E-state index in [1.807, 2.05) is 0 Å². The molecular formula is C13H28N4O. The van der Waals surface area contributed by atoms with Crippen molar-refractivity contribution in [1.29, 1.82) is 0 Å². The van der Waals surface area contributed by atoms with Gasteiger partial charge in [0.2, 0.25) is 5.91 Å². The lowest BCUT2D eigenvalue weighted by Crippen LogP contribution is -2.47. The number of rotatable bonds is 7. The average molecular weight is 256 g/mol. The van der Waals surface area contributed by atoms with Gasteiger partial charge in [0.25, 0.3) is 0 Å². The van der Waals surface area contributed by atoms with Crippen molar-refractivity contribution in [1.82, 2.24) is 15.2 Å². The molecule has 1 fully saturated rings. The molecule has 0 aliphatic carbocycles. The van der Waals surface area contributed by atoms with Crippen molar-refractivity contribution in [3.63, 3.8) is 0 Å². The molecule has 0 aromatic rings. The normalized spacial score (nSPS) is 18.2. The summed E-state index contributed by atoms with van der Waals surface area (Å²) in [5.74, 6) is 5.73. The number of carbonyl (C=O) groups excluding carboxylic acids is 1. The van der Waals surface area contributed by atoms with Gasteiger partial charge in [-0.25, -0.2) is 5.84 Å². The predicted octanol–water partition coefficient (Wildman–Crippen LogP) is 0.420. The van der Waals surface area contributed by atoms with Crippen LogP contribution in [-0.4, -0.2) is 55.0 Å². The summed E-state index contributed by atoms with van der Waals surface area (Å²) in [6, 6.07) is 0. The molecule has 0 spiro atoms. The van der Waals surface area contributed by atoms with Gasteiger partial charge in [-0.05, 0) is 25.3 Å². The van der Waals surface area contributed by atoms with E-state index in [4.69, 9.17) is 5.84 Å². The molecule has 0 unspecified atom stereocenters. The summed E-state index contributed by atoms with van der Waals surface area (Å²) in [5.41, 5.74) is 2.17. The predicted molar refractivity (Wildman–Crippen MR) is 73.9 cm³/mol. The van der Waals surface area contributed by atoms with Crippen molar-refractivity contribution >= 4 is 5.91 Å². The Kier molecular flexibility index (Phi) is 7.23. The van der Waals surface area contributed by atoms with Crippen molar-refractivity contribution in [3.8, 4) is 0 Å². The van der Waals surface area contributed by atoms with Crippen LogP contribution < -0.4 is 11.3 Å². The number of piperazine rings is 1. The number of nitrogens with two attached hydrogens (primary N) is 1. The minimum atomic E-state index is -0.0586. The van der Waals surface area contributed by atoms with Crippen LogP contribution in [0.4, 0.5) is 0 Å². The second-order valence-electron chi connectivity index (χ2n) is 5.56. The third-order valence-corrected chi connectivity index (χ3v) is 3.38. The average Bonchev–Trinajstić information content (AvgIpc) is 2.35. The summed E-state index contributed by atoms with van der Waals surface area (Å²) in [4.78, 5) is 16.0. The van der Waals surface area contributed by atoms with Crippen LogP contribution in [-0.2, 0) is 4.79 Å². The van der Waals surface area contributed by atoms with Crippen LogP contribution in [0.15, 0.2) is 0 Å². The zero-order valence-electron chi connectivity index (χ0n) is 11.8. The van der Waals surface area contributed by atoms with Crippen LogP contribution in [0.5, 0.6) is 0 Å². The van der Waals surface area contributed by atoms with Crippen LogP contribution in [0, 0.1) is 5.92 Å². The molecule has 0 aromatic carbocycles. The summed E-state index contributed by atoms with van der Waals surface area (Å²) >= 11 is 0. The fraction of sp³-hybridized carbons (Fsp3) is 0.923. The number of nitrogens with zero attached hydrogens (tertiary/aromatic N) is 2. The number of hydrazine groups is 1. The van der Waals surface area contributed by atoms with E-state index in [9.17, 15) is 4.79 Å². The molecule has 0 aromatic heterocycles. The maximum absolute atomic E-state index is 11.0. The summed E-state index contributed by atoms with van der Waals surface area (Å²) in [6.45, 7) is 11.6. The number of amides is 1. The van der Waals surface area contributed by atoms with Crippen LogP contribution in [0.1, 0.15) is 33.1 Å². The van der Waals surface area contributed by atoms with Crippen molar-refractivity contribution in [2.45, 2.75) is 33.1 Å². The second-order valence-corrected chi connectivity index (χ2v) is 5.56. The Morgan fingerprint density at radius 1 is 1.17 bits per heavy atom. The highest BCUT2D eigenvalue weighted by Crippen LogP contribution is 2.06. The van der Waals surface area contributed by atoms with Gasteiger partial charge in [0.15, 0.2) is 0 Å². The first-order valence-electron chi connectivity index (χ1n) is 7.06. The Balaban J connectivity index is 2.03. The minimum Gasteiger partial charge on any atom is -0.301 e. The van der Waals surface area contributed by atoms with E-state index in [0.717, 1.165) is 38.4 Å². The first-order valence-corrected chi connectivity index (χ1v) is 7.06. The van der Waals surface area contributed by atoms with E-state index in [2.05, 4.69) is 29.1 Å². The monoisotopic (exact) mass is 256 g/mol. The highest BCUT2D eigenvalue weighted by atomic mass is 16.2. The standard InChI is InChI=1S/C13H28N4O/c1-12(2)11-17-9-7-16(8-10-17)6-4-3-5-13(18)15-14/h12H,3-11,14H2,1-2H3,(H,15,18). The third kappa shape index (κ3) is 6.33. The largest absolute Gasteiger partial charge is 0.301 e. The van der Waals surface area contributed by atoms with E-state index in [-0.39, 0.29) is 5.91 Å². The van der Waals surface area contributed by atoms with Crippen molar-refractivity contribution in [2.24, 2.45) is 11.8 Å². The molecule has 0 saturated carbocycles. The Hall–Kier alpha value is -0.650. The Bertz CT molecular complexity index is 237. The van der Waals surface area contributed by atoms with E-state index in [0.29, 0.717) is 6.42 Å². The number of nitrogens with one attached hydrogen (secondary N) is 1. The number of hydrogen-bond acceptors (Lipinski definition) is 4. The highest BCUT2D eigenvalue weighted by molar-refractivity contribution is 5.75. The fourth-order valence-electron chi connectivity index (χ4n) is 2.41. The third-order valence-electron chi connectivity index (χ3n) is 3.38. The molecule has 3 N–H and O–H groups in total. The fourth-order valence-corrected chi connectivity index (χ4v) is 2.41. The Morgan fingerprint density at radius 3 is 2.33 bits per heavy atom. The summed E-state index contributed by atoms with van der Waals surface area (Å²) in [5, 5.41) is 0. The minimum absolute atomic E-state index is 0.0586. The van der Waals surface area contributed by atoms with E-state index >= 15 is 0 Å². The van der Waals surface area contributed by atoms with Crippen LogP contribution >= 0.6 is 0 Å². The quantitative estimate of drug-likeness (QED) is 0.300. The van der Waals surface area contributed by atoms with Crippen LogP contribution in [0.2, 0.25) is 0 Å². The molecule has 1 amide bonds. The molecule has 106 valence electrons. The smallest absolute Gasteiger partial charge is 0.233 e. The van der Waals surface area contributed by atoms with Gasteiger partial charge in [-0.1, -0.05) is 13.8 Å². The SMILES string of the molecule is CC(C)CN1CCN(CCCCC(=O)NN)CC1. The highest BCUT2D eigenvalue weighted by Gasteiger charge is 2.16. The number of hydrogen-bond donors (Lipinski definition) is 2. The number of unbranched alkanes of at least 4 members (excludes halogenated alkanes) is 1. The molecular weight excluding hydrogens is 228 g/mol. The van der Waals surface area contributed by atoms with Gasteiger partial charge in [0, 0.05) is 39.1 Å². The lowest BCUT2D eigenvalue weighted by molar-refractivity contribution is -0.121. The van der Waals surface area contributed by atoms with Crippen molar-refractivity contribution in [2.75, 3.05) is 39.3 Å². The van der Waals surface area contributed by atoms with Crippen LogP contribution in [0.3, 0.4) is 0 Å². The molecule has 1 heterocycles. The molecule has 1 saturated heterocycles. The van der Waals surface area contributed by atoms with E-state index in [1.54, 1.807) is 0 Å². The van der Waals surface area contributed by atoms with Gasteiger partial charge in [0.1, 0.15) is 0 Å². The molecule has 0 bridgehead atoms. The van der Waals surface area contributed by atoms with Crippen LogP contribution in [0.25, 0.3) is 0 Å². The Labute approximate surface area is 111 Å². The Morgan fingerprint density at radius 2 is 1.78 bits per heavy atom. The van der Waals surface area contributed by atoms with Gasteiger partial charge in [-0.15, -0.1) is 0 Å². The van der Waals surface area contributed by atoms with Gasteiger partial charge in [0.05, 0.1) is 0 Å². The van der Waals surface area contributed by atoms with Gasteiger partial charge < -0.3 is 9.80 Å². The maximum Gasteiger partial charge on any atom is 0.233 e. The van der Waals surface area contributed by atoms with E-state index in [1.165, 1.54) is 19.6 Å². The second kappa shape index (κ2) is 8.45. The zero-order valence-corrected chi connectivity index (χ0v) is 11.8. The molecule has 1 aliphatic rings. The zero-order chi connectivity index (χ0) is 13.4. The lowest BCUT2D eigenvalue weighted by atomic mass is 10.1. The van der Waals surface area contributed by atoms with Crippen molar-refractivity contribution in [3.05, 3.63) is 0 Å². The maximum atomic E-state index is 11.0. The van der Waals surface area contributed by atoms with Gasteiger partial charge in [-0.3, -0.25) is 10.2 Å². The lowest BCUT2D eigenvalue weighted by Gasteiger charge is -2.35. The molecule has 1 rings (SSSR count). The topological polar surface area (TPSA) is 61.6 Å². The molecule has 0 atom stereocenters. The molecule has 0 radical (unpaired) electrons. The molecule has 5 heteroatoms.